The van der Waals surface area contributed by atoms with Gasteiger partial charge in [-0.3, -0.25) is 9.59 Å². The number of hydrogen-bond donors (Lipinski definition) is 1. The standard InChI is InChI=1S/C20H20ClNO4/c1-3-12-26-17-10-6-15(7-11-17)20(24)22-18(13-19(23)25-2)14-4-8-16(21)9-5-14/h3-11,18H,1,12-13H2,2H3,(H,22,24). The van der Waals surface area contributed by atoms with Crippen LogP contribution >= 0.6 is 11.6 Å². The number of carbonyl (C=O) groups is 2. The molecule has 0 saturated carbocycles. The van der Waals surface area contributed by atoms with E-state index in [1.807, 2.05) is 0 Å². The van der Waals surface area contributed by atoms with Gasteiger partial charge in [-0.25, -0.2) is 0 Å². The van der Waals surface area contributed by atoms with Crippen molar-refractivity contribution in [2.45, 2.75) is 12.5 Å². The molecule has 136 valence electrons. The molecule has 0 aliphatic rings. The monoisotopic (exact) mass is 373 g/mol. The Labute approximate surface area is 157 Å². The van der Waals surface area contributed by atoms with Gasteiger partial charge in [0.25, 0.3) is 5.91 Å². The van der Waals surface area contributed by atoms with Crippen LogP contribution in [-0.2, 0) is 9.53 Å². The zero-order valence-electron chi connectivity index (χ0n) is 14.4. The highest BCUT2D eigenvalue weighted by molar-refractivity contribution is 6.30. The number of carbonyl (C=O) groups excluding carboxylic acids is 2. The maximum atomic E-state index is 12.5. The lowest BCUT2D eigenvalue weighted by Gasteiger charge is -2.18. The Hall–Kier alpha value is -2.79. The lowest BCUT2D eigenvalue weighted by atomic mass is 10.0. The number of hydrogen-bond acceptors (Lipinski definition) is 4. The Morgan fingerprint density at radius 1 is 1.15 bits per heavy atom. The summed E-state index contributed by atoms with van der Waals surface area (Å²) in [6.45, 7) is 3.98. The normalized spacial score (nSPS) is 11.3. The SMILES string of the molecule is C=CCOc1ccc(C(=O)NC(CC(=O)OC)c2ccc(Cl)cc2)cc1. The van der Waals surface area contributed by atoms with E-state index in [0.29, 0.717) is 22.9 Å². The molecule has 0 bridgehead atoms. The fraction of sp³-hybridized carbons (Fsp3) is 0.200. The number of benzene rings is 2. The molecule has 0 aliphatic heterocycles. The van der Waals surface area contributed by atoms with E-state index in [1.165, 1.54) is 7.11 Å². The van der Waals surface area contributed by atoms with Crippen molar-refractivity contribution in [3.8, 4) is 5.75 Å². The van der Waals surface area contributed by atoms with E-state index in [0.717, 1.165) is 5.56 Å². The van der Waals surface area contributed by atoms with Gasteiger partial charge in [-0.15, -0.1) is 0 Å². The summed E-state index contributed by atoms with van der Waals surface area (Å²) >= 11 is 5.90. The Kier molecular flexibility index (Phi) is 7.24. The summed E-state index contributed by atoms with van der Waals surface area (Å²) < 4.78 is 10.1. The van der Waals surface area contributed by atoms with Crippen LogP contribution in [0.2, 0.25) is 5.02 Å². The van der Waals surface area contributed by atoms with Gasteiger partial charge in [-0.1, -0.05) is 36.4 Å². The maximum Gasteiger partial charge on any atom is 0.307 e. The molecule has 0 aliphatic carbocycles. The van der Waals surface area contributed by atoms with Crippen LogP contribution in [0.1, 0.15) is 28.4 Å². The first-order chi connectivity index (χ1) is 12.5. The molecular formula is C20H20ClNO4. The summed E-state index contributed by atoms with van der Waals surface area (Å²) in [5.41, 5.74) is 1.22. The number of methoxy groups -OCH3 is 1. The molecule has 5 nitrogen and oxygen atoms in total. The summed E-state index contributed by atoms with van der Waals surface area (Å²) in [4.78, 5) is 24.2. The molecule has 6 heteroatoms. The third-order valence-corrected chi connectivity index (χ3v) is 3.91. The molecule has 1 unspecified atom stereocenters. The van der Waals surface area contributed by atoms with Gasteiger partial charge in [-0.2, -0.15) is 0 Å². The van der Waals surface area contributed by atoms with Crippen molar-refractivity contribution in [3.63, 3.8) is 0 Å². The molecule has 26 heavy (non-hydrogen) atoms. The summed E-state index contributed by atoms with van der Waals surface area (Å²) in [6, 6.07) is 13.1. The zero-order chi connectivity index (χ0) is 18.9. The Bertz CT molecular complexity index is 756. The molecule has 0 spiro atoms. The van der Waals surface area contributed by atoms with Crippen molar-refractivity contribution >= 4 is 23.5 Å². The van der Waals surface area contributed by atoms with Gasteiger partial charge in [0.1, 0.15) is 12.4 Å². The summed E-state index contributed by atoms with van der Waals surface area (Å²) in [5.74, 6) is -0.0761. The first-order valence-electron chi connectivity index (χ1n) is 8.00. The van der Waals surface area contributed by atoms with Crippen LogP contribution in [0.5, 0.6) is 5.75 Å². The fourth-order valence-electron chi connectivity index (χ4n) is 2.30. The molecule has 2 rings (SSSR count). The molecule has 0 saturated heterocycles. The minimum absolute atomic E-state index is 0.0183. The second-order valence-corrected chi connectivity index (χ2v) is 5.92. The van der Waals surface area contributed by atoms with E-state index in [2.05, 4.69) is 11.9 Å². The van der Waals surface area contributed by atoms with Gasteiger partial charge in [0.2, 0.25) is 0 Å². The highest BCUT2D eigenvalue weighted by atomic mass is 35.5. The van der Waals surface area contributed by atoms with Gasteiger partial charge in [-0.05, 0) is 42.0 Å². The quantitative estimate of drug-likeness (QED) is 0.562. The van der Waals surface area contributed by atoms with Crippen molar-refractivity contribution in [1.82, 2.24) is 5.32 Å². The third-order valence-electron chi connectivity index (χ3n) is 3.66. The topological polar surface area (TPSA) is 64.6 Å². The van der Waals surface area contributed by atoms with E-state index in [-0.39, 0.29) is 12.3 Å². The maximum absolute atomic E-state index is 12.5. The minimum Gasteiger partial charge on any atom is -0.490 e. The predicted octanol–water partition coefficient (Wildman–Crippen LogP) is 3.94. The van der Waals surface area contributed by atoms with Gasteiger partial charge in [0.05, 0.1) is 19.6 Å². The van der Waals surface area contributed by atoms with Crippen LogP contribution in [-0.4, -0.2) is 25.6 Å². The van der Waals surface area contributed by atoms with Crippen LogP contribution in [0.25, 0.3) is 0 Å². The Morgan fingerprint density at radius 3 is 2.38 bits per heavy atom. The van der Waals surface area contributed by atoms with Crippen LogP contribution in [0.4, 0.5) is 0 Å². The Morgan fingerprint density at radius 2 is 1.81 bits per heavy atom. The van der Waals surface area contributed by atoms with E-state index in [1.54, 1.807) is 54.6 Å². The molecule has 0 radical (unpaired) electrons. The van der Waals surface area contributed by atoms with Crippen molar-refractivity contribution < 1.29 is 19.1 Å². The van der Waals surface area contributed by atoms with Gasteiger partial charge in [0.15, 0.2) is 0 Å². The molecule has 1 amide bonds. The van der Waals surface area contributed by atoms with Gasteiger partial charge in [0, 0.05) is 10.6 Å². The highest BCUT2D eigenvalue weighted by Gasteiger charge is 2.19. The molecular weight excluding hydrogens is 354 g/mol. The molecule has 1 N–H and O–H groups in total. The van der Waals surface area contributed by atoms with Gasteiger partial charge < -0.3 is 14.8 Å². The van der Waals surface area contributed by atoms with Crippen molar-refractivity contribution in [2.24, 2.45) is 0 Å². The van der Waals surface area contributed by atoms with Crippen molar-refractivity contribution in [1.29, 1.82) is 0 Å². The average molecular weight is 374 g/mol. The third kappa shape index (κ3) is 5.63. The van der Waals surface area contributed by atoms with E-state index < -0.39 is 12.0 Å². The van der Waals surface area contributed by atoms with Crippen LogP contribution in [0, 0.1) is 0 Å². The molecule has 0 fully saturated rings. The smallest absolute Gasteiger partial charge is 0.307 e. The lowest BCUT2D eigenvalue weighted by Crippen LogP contribution is -2.30. The largest absolute Gasteiger partial charge is 0.490 e. The highest BCUT2D eigenvalue weighted by Crippen LogP contribution is 2.21. The molecule has 2 aromatic carbocycles. The fourth-order valence-corrected chi connectivity index (χ4v) is 2.42. The average Bonchev–Trinajstić information content (AvgIpc) is 2.66. The molecule has 0 aromatic heterocycles. The minimum atomic E-state index is -0.524. The van der Waals surface area contributed by atoms with E-state index in [9.17, 15) is 9.59 Å². The summed E-state index contributed by atoms with van der Waals surface area (Å²) in [7, 11) is 1.31. The number of esters is 1. The predicted molar refractivity (Wildman–Crippen MR) is 100 cm³/mol. The number of rotatable bonds is 8. The van der Waals surface area contributed by atoms with E-state index >= 15 is 0 Å². The van der Waals surface area contributed by atoms with Gasteiger partial charge >= 0.3 is 5.97 Å². The molecule has 1 atom stereocenters. The van der Waals surface area contributed by atoms with E-state index in [4.69, 9.17) is 21.1 Å². The molecule has 0 heterocycles. The second-order valence-electron chi connectivity index (χ2n) is 5.48. The zero-order valence-corrected chi connectivity index (χ0v) is 15.2. The number of amides is 1. The summed E-state index contributed by atoms with van der Waals surface area (Å²) in [5, 5.41) is 3.43. The van der Waals surface area contributed by atoms with Crippen molar-refractivity contribution in [2.75, 3.05) is 13.7 Å². The number of halogens is 1. The van der Waals surface area contributed by atoms with Crippen LogP contribution in [0.3, 0.4) is 0 Å². The van der Waals surface area contributed by atoms with Crippen molar-refractivity contribution in [3.05, 3.63) is 77.3 Å². The lowest BCUT2D eigenvalue weighted by molar-refractivity contribution is -0.141. The first-order valence-corrected chi connectivity index (χ1v) is 8.38. The molecule has 2 aromatic rings. The summed E-state index contributed by atoms with van der Waals surface area (Å²) in [6.07, 6.45) is 1.66. The first kappa shape index (κ1) is 19.5. The van der Waals surface area contributed by atoms with Crippen LogP contribution < -0.4 is 10.1 Å². The second kappa shape index (κ2) is 9.63. The number of ether oxygens (including phenoxy) is 2. The Balaban J connectivity index is 2.13. The number of nitrogens with one attached hydrogen (secondary N) is 1. The van der Waals surface area contributed by atoms with Crippen LogP contribution in [0.15, 0.2) is 61.2 Å².